The first-order valence-electron chi connectivity index (χ1n) is 5.98. The Morgan fingerprint density at radius 3 is 2.19 bits per heavy atom. The van der Waals surface area contributed by atoms with Gasteiger partial charge in [0.15, 0.2) is 17.2 Å². The highest BCUT2D eigenvalue weighted by Crippen LogP contribution is 2.38. The van der Waals surface area contributed by atoms with Gasteiger partial charge in [-0.3, -0.25) is 4.99 Å². The molecule has 2 aromatic carbocycles. The molecule has 0 saturated heterocycles. The van der Waals surface area contributed by atoms with E-state index in [2.05, 4.69) is 9.73 Å². The van der Waals surface area contributed by atoms with Crippen LogP contribution in [0, 0.1) is 0 Å². The molecule has 2 aromatic rings. The molecular weight excluding hydrogens is 274 g/mol. The minimum absolute atomic E-state index is 0.278. The predicted molar refractivity (Wildman–Crippen MR) is 76.5 cm³/mol. The summed E-state index contributed by atoms with van der Waals surface area (Å²) in [5, 5.41) is 28.0. The molecule has 6 nitrogen and oxygen atoms in total. The second kappa shape index (κ2) is 5.96. The van der Waals surface area contributed by atoms with Crippen LogP contribution >= 0.6 is 0 Å². The third kappa shape index (κ3) is 3.30. The van der Waals surface area contributed by atoms with Gasteiger partial charge in [0.05, 0.1) is 18.4 Å². The summed E-state index contributed by atoms with van der Waals surface area (Å²) in [5.41, 5.74) is 1.42. The topological polar surface area (TPSA) is 99.4 Å². The Kier molecular flexibility index (Phi) is 4.08. The molecule has 0 fully saturated rings. The van der Waals surface area contributed by atoms with Gasteiger partial charge in [0.1, 0.15) is 0 Å². The van der Waals surface area contributed by atoms with E-state index in [0.717, 1.165) is 5.56 Å². The fourth-order valence-electron chi connectivity index (χ4n) is 1.64. The summed E-state index contributed by atoms with van der Waals surface area (Å²) < 4.78 is 4.59. The molecule has 0 amide bonds. The number of nitrogens with zero attached hydrogens (tertiary/aromatic N) is 1. The van der Waals surface area contributed by atoms with Crippen molar-refractivity contribution in [3.8, 4) is 17.2 Å². The monoisotopic (exact) mass is 287 g/mol. The van der Waals surface area contributed by atoms with Crippen molar-refractivity contribution in [2.24, 2.45) is 4.99 Å². The Hall–Kier alpha value is -3.02. The van der Waals surface area contributed by atoms with Gasteiger partial charge in [-0.05, 0) is 17.7 Å². The minimum atomic E-state index is -0.587. The Morgan fingerprint density at radius 1 is 1.10 bits per heavy atom. The molecule has 6 heteroatoms. The van der Waals surface area contributed by atoms with Gasteiger partial charge in [-0.2, -0.15) is 0 Å². The van der Waals surface area contributed by atoms with Gasteiger partial charge in [-0.25, -0.2) is 4.79 Å². The molecule has 0 aliphatic rings. The number of aliphatic imine (C=N–C) groups is 1. The normalized spacial score (nSPS) is 10.7. The smallest absolute Gasteiger partial charge is 0.337 e. The first-order chi connectivity index (χ1) is 10.0. The highest BCUT2D eigenvalue weighted by Gasteiger charge is 2.07. The average Bonchev–Trinajstić information content (AvgIpc) is 2.50. The number of ether oxygens (including phenoxy) is 1. The molecule has 108 valence electrons. The maximum absolute atomic E-state index is 11.3. The zero-order chi connectivity index (χ0) is 15.4. The predicted octanol–water partition coefficient (Wildman–Crippen LogP) is 2.34. The average molecular weight is 287 g/mol. The molecule has 0 atom stereocenters. The van der Waals surface area contributed by atoms with Crippen LogP contribution in [-0.4, -0.2) is 34.6 Å². The fraction of sp³-hybridized carbons (Fsp3) is 0.0667. The van der Waals surface area contributed by atoms with Crippen molar-refractivity contribution < 1.29 is 24.9 Å². The maximum atomic E-state index is 11.3. The quantitative estimate of drug-likeness (QED) is 0.457. The van der Waals surface area contributed by atoms with Crippen molar-refractivity contribution in [2.45, 2.75) is 0 Å². The Balaban J connectivity index is 2.20. The number of benzene rings is 2. The molecular formula is C15H13NO5. The van der Waals surface area contributed by atoms with Crippen LogP contribution in [0.25, 0.3) is 0 Å². The van der Waals surface area contributed by atoms with E-state index in [-0.39, 0.29) is 5.69 Å². The number of phenolic OH excluding ortho intramolecular Hbond substituents is 3. The lowest BCUT2D eigenvalue weighted by Gasteiger charge is -2.02. The molecule has 0 bridgehead atoms. The lowest BCUT2D eigenvalue weighted by atomic mass is 10.1. The first kappa shape index (κ1) is 14.4. The van der Waals surface area contributed by atoms with E-state index in [4.69, 9.17) is 0 Å². The number of carbonyl (C=O) groups is 1. The zero-order valence-electron chi connectivity index (χ0n) is 11.1. The van der Waals surface area contributed by atoms with Crippen LogP contribution in [0.4, 0.5) is 5.69 Å². The fourth-order valence-corrected chi connectivity index (χ4v) is 1.64. The molecule has 3 N–H and O–H groups in total. The maximum Gasteiger partial charge on any atom is 0.337 e. The van der Waals surface area contributed by atoms with Crippen molar-refractivity contribution in [1.82, 2.24) is 0 Å². The van der Waals surface area contributed by atoms with E-state index >= 15 is 0 Å². The Morgan fingerprint density at radius 2 is 1.67 bits per heavy atom. The lowest BCUT2D eigenvalue weighted by molar-refractivity contribution is 0.0600. The largest absolute Gasteiger partial charge is 0.504 e. The number of carbonyl (C=O) groups excluding carboxylic acids is 1. The van der Waals surface area contributed by atoms with Crippen molar-refractivity contribution in [3.05, 3.63) is 47.5 Å². The van der Waals surface area contributed by atoms with Crippen LogP contribution in [0.5, 0.6) is 17.2 Å². The van der Waals surface area contributed by atoms with E-state index < -0.39 is 23.2 Å². The van der Waals surface area contributed by atoms with Gasteiger partial charge in [0.25, 0.3) is 0 Å². The molecule has 21 heavy (non-hydrogen) atoms. The Bertz CT molecular complexity index is 669. The summed E-state index contributed by atoms with van der Waals surface area (Å²) in [7, 11) is 1.31. The van der Waals surface area contributed by atoms with Gasteiger partial charge in [0.2, 0.25) is 0 Å². The SMILES string of the molecule is COC(=O)c1ccc(C=Nc2cc(O)c(O)c(O)c2)cc1. The van der Waals surface area contributed by atoms with Crippen molar-refractivity contribution in [2.75, 3.05) is 7.11 Å². The summed E-state index contributed by atoms with van der Waals surface area (Å²) in [6.45, 7) is 0. The number of rotatable bonds is 3. The summed E-state index contributed by atoms with van der Waals surface area (Å²) in [6.07, 6.45) is 1.49. The van der Waals surface area contributed by atoms with Crippen molar-refractivity contribution in [3.63, 3.8) is 0 Å². The van der Waals surface area contributed by atoms with Crippen LogP contribution in [0.15, 0.2) is 41.4 Å². The molecule has 0 unspecified atom stereocenters. The van der Waals surface area contributed by atoms with Gasteiger partial charge in [-0.1, -0.05) is 12.1 Å². The van der Waals surface area contributed by atoms with Crippen LogP contribution in [0.3, 0.4) is 0 Å². The van der Waals surface area contributed by atoms with Gasteiger partial charge < -0.3 is 20.1 Å². The number of methoxy groups -OCH3 is 1. The molecule has 2 rings (SSSR count). The number of aromatic hydroxyl groups is 3. The number of esters is 1. The summed E-state index contributed by atoms with van der Waals surface area (Å²) in [6, 6.07) is 8.98. The lowest BCUT2D eigenvalue weighted by Crippen LogP contribution is -2.00. The third-order valence-electron chi connectivity index (χ3n) is 2.75. The first-order valence-corrected chi connectivity index (χ1v) is 5.98. The van der Waals surface area contributed by atoms with E-state index in [0.29, 0.717) is 5.56 Å². The number of hydrogen-bond acceptors (Lipinski definition) is 6. The van der Waals surface area contributed by atoms with Crippen LogP contribution < -0.4 is 0 Å². The molecule has 0 aliphatic carbocycles. The summed E-state index contributed by atoms with van der Waals surface area (Å²) in [4.78, 5) is 15.3. The van der Waals surface area contributed by atoms with E-state index in [1.165, 1.54) is 25.5 Å². The van der Waals surface area contributed by atoms with E-state index in [1.807, 2.05) is 0 Å². The molecule has 0 spiro atoms. The molecule has 0 heterocycles. The van der Waals surface area contributed by atoms with Crippen LogP contribution in [0.2, 0.25) is 0 Å². The summed E-state index contributed by atoms with van der Waals surface area (Å²) in [5.74, 6) is -1.92. The van der Waals surface area contributed by atoms with E-state index in [1.54, 1.807) is 24.3 Å². The standard InChI is InChI=1S/C15H13NO5/c1-21-15(20)10-4-2-9(3-5-10)8-16-11-6-12(17)14(19)13(18)7-11/h2-8,17-19H,1H3. The molecule has 0 aliphatic heterocycles. The zero-order valence-corrected chi connectivity index (χ0v) is 11.1. The number of phenols is 3. The second-order valence-corrected chi connectivity index (χ2v) is 4.20. The minimum Gasteiger partial charge on any atom is -0.504 e. The van der Waals surface area contributed by atoms with Crippen molar-refractivity contribution in [1.29, 1.82) is 0 Å². The molecule has 0 aromatic heterocycles. The number of hydrogen-bond donors (Lipinski definition) is 3. The second-order valence-electron chi connectivity index (χ2n) is 4.20. The van der Waals surface area contributed by atoms with Gasteiger partial charge in [-0.15, -0.1) is 0 Å². The van der Waals surface area contributed by atoms with Crippen LogP contribution in [0.1, 0.15) is 15.9 Å². The molecule has 0 radical (unpaired) electrons. The third-order valence-corrected chi connectivity index (χ3v) is 2.75. The van der Waals surface area contributed by atoms with E-state index in [9.17, 15) is 20.1 Å². The van der Waals surface area contributed by atoms with Crippen LogP contribution in [-0.2, 0) is 4.74 Å². The highest BCUT2D eigenvalue weighted by atomic mass is 16.5. The van der Waals surface area contributed by atoms with Gasteiger partial charge in [0, 0.05) is 18.3 Å². The van der Waals surface area contributed by atoms with Gasteiger partial charge >= 0.3 is 5.97 Å². The van der Waals surface area contributed by atoms with Crippen molar-refractivity contribution >= 4 is 17.9 Å². The Labute approximate surface area is 120 Å². The highest BCUT2D eigenvalue weighted by molar-refractivity contribution is 5.91. The summed E-state index contributed by atoms with van der Waals surface area (Å²) >= 11 is 0. The molecule has 0 saturated carbocycles.